The zero-order chi connectivity index (χ0) is 28.2. The summed E-state index contributed by atoms with van der Waals surface area (Å²) in [5, 5.41) is 22.3. The first-order chi connectivity index (χ1) is 19.3. The van der Waals surface area contributed by atoms with Crippen LogP contribution in [0.1, 0.15) is 59.9 Å². The van der Waals surface area contributed by atoms with Crippen molar-refractivity contribution < 1.29 is 28.6 Å². The molecule has 5 rings (SSSR count). The van der Waals surface area contributed by atoms with E-state index in [0.29, 0.717) is 42.3 Å². The van der Waals surface area contributed by atoms with Gasteiger partial charge in [-0.2, -0.15) is 9.50 Å². The van der Waals surface area contributed by atoms with Crippen molar-refractivity contribution in [2.45, 2.75) is 26.1 Å². The highest BCUT2D eigenvalue weighted by molar-refractivity contribution is 5.98. The quantitative estimate of drug-likeness (QED) is 0.258. The van der Waals surface area contributed by atoms with E-state index in [0.717, 1.165) is 0 Å². The van der Waals surface area contributed by atoms with Gasteiger partial charge in [-0.25, -0.2) is 14.2 Å². The summed E-state index contributed by atoms with van der Waals surface area (Å²) in [6.07, 6.45) is 0. The minimum atomic E-state index is -1.05. The largest absolute Gasteiger partial charge is 0.478 e. The number of aromatic carboxylic acids is 1. The first-order valence-electron chi connectivity index (χ1n) is 12.5. The number of ether oxygens (including phenoxy) is 1. The number of carbonyl (C=O) groups is 3. The van der Waals surface area contributed by atoms with Crippen LogP contribution in [0.25, 0.3) is 5.78 Å². The van der Waals surface area contributed by atoms with Crippen LogP contribution in [0.15, 0.2) is 48.5 Å². The van der Waals surface area contributed by atoms with Gasteiger partial charge in [0.25, 0.3) is 17.6 Å². The Labute approximate surface area is 227 Å². The monoisotopic (exact) mass is 547 g/mol. The normalized spacial score (nSPS) is 15.1. The van der Waals surface area contributed by atoms with Crippen molar-refractivity contribution in [1.29, 1.82) is 0 Å². The van der Waals surface area contributed by atoms with Crippen LogP contribution in [0.3, 0.4) is 0 Å². The van der Waals surface area contributed by atoms with Crippen molar-refractivity contribution in [3.63, 3.8) is 0 Å². The molecule has 1 aliphatic rings. The maximum atomic E-state index is 13.6. The Balaban J connectivity index is 1.40. The molecule has 0 spiro atoms. The first-order valence-corrected chi connectivity index (χ1v) is 12.5. The van der Waals surface area contributed by atoms with Gasteiger partial charge < -0.3 is 25.8 Å². The maximum Gasteiger partial charge on any atom is 0.335 e. The molecule has 2 amide bonds. The van der Waals surface area contributed by atoms with E-state index >= 15 is 0 Å². The van der Waals surface area contributed by atoms with Crippen LogP contribution < -0.4 is 16.0 Å². The summed E-state index contributed by atoms with van der Waals surface area (Å²) in [6.45, 7) is 3.38. The van der Waals surface area contributed by atoms with Crippen LogP contribution in [0, 0.1) is 12.7 Å². The summed E-state index contributed by atoms with van der Waals surface area (Å²) in [6, 6.07) is 11.7. The summed E-state index contributed by atoms with van der Waals surface area (Å²) >= 11 is 0. The molecule has 1 fully saturated rings. The zero-order valence-corrected chi connectivity index (χ0v) is 21.5. The summed E-state index contributed by atoms with van der Waals surface area (Å²) in [5.74, 6) is -2.05. The number of morpholine rings is 1. The molecule has 1 aliphatic heterocycles. The number of aryl methyl sites for hydroxylation is 1. The Morgan fingerprint density at radius 3 is 2.48 bits per heavy atom. The van der Waals surface area contributed by atoms with E-state index in [9.17, 15) is 18.8 Å². The topological polar surface area (TPSA) is 160 Å². The van der Waals surface area contributed by atoms with E-state index < -0.39 is 17.8 Å². The Hall–Kier alpha value is -4.75. The highest BCUT2D eigenvalue weighted by Gasteiger charge is 2.24. The van der Waals surface area contributed by atoms with Crippen molar-refractivity contribution >= 4 is 23.6 Å². The molecule has 1 atom stereocenters. The van der Waals surface area contributed by atoms with Gasteiger partial charge in [-0.05, 0) is 41.8 Å². The smallest absolute Gasteiger partial charge is 0.335 e. The second-order valence-corrected chi connectivity index (χ2v) is 9.24. The number of hydrogen-bond donors (Lipinski definition) is 4. The first kappa shape index (κ1) is 26.8. The van der Waals surface area contributed by atoms with Gasteiger partial charge in [0.2, 0.25) is 0 Å². The minimum absolute atomic E-state index is 0.0328. The lowest BCUT2D eigenvalue weighted by molar-refractivity contribution is 0.0696. The molecule has 4 N–H and O–H groups in total. The molecule has 0 saturated carbocycles. The van der Waals surface area contributed by atoms with E-state index in [1.165, 1.54) is 28.8 Å². The third-order valence-corrected chi connectivity index (χ3v) is 6.36. The lowest BCUT2D eigenvalue weighted by atomic mass is 10.1. The van der Waals surface area contributed by atoms with Gasteiger partial charge >= 0.3 is 5.97 Å². The highest BCUT2D eigenvalue weighted by Crippen LogP contribution is 2.16. The van der Waals surface area contributed by atoms with Crippen LogP contribution >= 0.6 is 0 Å². The Kier molecular flexibility index (Phi) is 7.75. The van der Waals surface area contributed by atoms with Gasteiger partial charge in [0, 0.05) is 25.7 Å². The number of fused-ring (bicyclic) bond motifs is 1. The molecule has 1 saturated heterocycles. The molecular weight excluding hydrogens is 521 g/mol. The lowest BCUT2D eigenvalue weighted by Gasteiger charge is -2.20. The number of nitrogens with zero attached hydrogens (tertiary/aromatic N) is 4. The highest BCUT2D eigenvalue weighted by atomic mass is 19.1. The Morgan fingerprint density at radius 2 is 1.77 bits per heavy atom. The van der Waals surface area contributed by atoms with Crippen LogP contribution in [0.2, 0.25) is 0 Å². The number of amides is 2. The molecule has 2 aromatic heterocycles. The fourth-order valence-electron chi connectivity index (χ4n) is 4.17. The van der Waals surface area contributed by atoms with E-state index in [-0.39, 0.29) is 47.7 Å². The van der Waals surface area contributed by atoms with Crippen molar-refractivity contribution in [1.82, 2.24) is 35.5 Å². The summed E-state index contributed by atoms with van der Waals surface area (Å²) in [5.41, 5.74) is 1.96. The summed E-state index contributed by atoms with van der Waals surface area (Å²) in [4.78, 5) is 46.2. The zero-order valence-electron chi connectivity index (χ0n) is 21.5. The van der Waals surface area contributed by atoms with Gasteiger partial charge in [0.1, 0.15) is 17.2 Å². The number of carboxylic acid groups (broad SMARTS) is 1. The maximum absolute atomic E-state index is 13.6. The van der Waals surface area contributed by atoms with E-state index in [2.05, 4.69) is 31.0 Å². The van der Waals surface area contributed by atoms with Crippen LogP contribution in [-0.2, 0) is 17.8 Å². The summed E-state index contributed by atoms with van der Waals surface area (Å²) in [7, 11) is 0. The average molecular weight is 548 g/mol. The van der Waals surface area contributed by atoms with Crippen molar-refractivity contribution in [2.24, 2.45) is 0 Å². The number of rotatable bonds is 8. The van der Waals surface area contributed by atoms with Crippen LogP contribution in [0.5, 0.6) is 0 Å². The third-order valence-electron chi connectivity index (χ3n) is 6.36. The molecule has 2 aromatic carbocycles. The predicted octanol–water partition coefficient (Wildman–Crippen LogP) is 1.79. The molecule has 13 heteroatoms. The molecule has 0 bridgehead atoms. The van der Waals surface area contributed by atoms with Crippen LogP contribution in [-0.4, -0.2) is 62.2 Å². The molecule has 1 unspecified atom stereocenters. The number of benzene rings is 2. The van der Waals surface area contributed by atoms with E-state index in [1.54, 1.807) is 31.2 Å². The Bertz CT molecular complexity index is 1580. The van der Waals surface area contributed by atoms with Gasteiger partial charge in [0.15, 0.2) is 5.82 Å². The molecule has 206 valence electrons. The number of aromatic nitrogens is 4. The number of carbonyl (C=O) groups excluding carboxylic acids is 2. The van der Waals surface area contributed by atoms with Gasteiger partial charge in [-0.15, -0.1) is 5.10 Å². The second-order valence-electron chi connectivity index (χ2n) is 9.24. The molecule has 40 heavy (non-hydrogen) atoms. The van der Waals surface area contributed by atoms with Crippen molar-refractivity contribution in [3.05, 3.63) is 93.8 Å². The fraction of sp³-hybridized carbons (Fsp3) is 0.259. The van der Waals surface area contributed by atoms with Crippen LogP contribution in [0.4, 0.5) is 4.39 Å². The average Bonchev–Trinajstić information content (AvgIpc) is 3.41. The van der Waals surface area contributed by atoms with Gasteiger partial charge in [0.05, 0.1) is 24.8 Å². The summed E-state index contributed by atoms with van der Waals surface area (Å²) < 4.78 is 20.4. The van der Waals surface area contributed by atoms with E-state index in [4.69, 9.17) is 9.84 Å². The lowest BCUT2D eigenvalue weighted by Crippen LogP contribution is -2.35. The predicted molar refractivity (Wildman–Crippen MR) is 139 cm³/mol. The van der Waals surface area contributed by atoms with Crippen molar-refractivity contribution in [3.8, 4) is 0 Å². The minimum Gasteiger partial charge on any atom is -0.478 e. The number of halogens is 1. The third kappa shape index (κ3) is 5.95. The molecular formula is C27H26FN7O5. The Morgan fingerprint density at radius 1 is 1.05 bits per heavy atom. The molecule has 0 aliphatic carbocycles. The second kappa shape index (κ2) is 11.6. The number of carboxylic acids is 1. The fourth-order valence-corrected chi connectivity index (χ4v) is 4.17. The standard InChI is InChI=1S/C27H26FN7O5/c1-15-10-17(4-7-19(15)28)13-30-24(36)20-11-22(25(37)31-12-16-2-5-18(6-3-16)26(38)39)35-27(32-20)33-23(34-35)21-14-40-9-8-29-21/h2-7,10-11,21,29H,8-9,12-14H2,1H3,(H,30,36)(H,31,37)(H,38,39). The number of hydrogen-bond acceptors (Lipinski definition) is 8. The van der Waals surface area contributed by atoms with Gasteiger partial charge in [-0.3, -0.25) is 9.59 Å². The molecule has 3 heterocycles. The van der Waals surface area contributed by atoms with E-state index in [1.807, 2.05) is 0 Å². The molecule has 0 radical (unpaired) electrons. The molecule has 4 aromatic rings. The number of nitrogens with one attached hydrogen (secondary N) is 3. The van der Waals surface area contributed by atoms with Gasteiger partial charge in [-0.1, -0.05) is 24.3 Å². The van der Waals surface area contributed by atoms with Crippen molar-refractivity contribution in [2.75, 3.05) is 19.8 Å². The molecule has 12 nitrogen and oxygen atoms in total. The SMILES string of the molecule is Cc1cc(CNC(=O)c2cc(C(=O)NCc3ccc(C(=O)O)cc3)n3nc(C4COCCN4)nc3n2)ccc1F.